The van der Waals surface area contributed by atoms with Crippen LogP contribution in [0.25, 0.3) is 11.3 Å². The maximum absolute atomic E-state index is 9.62. The summed E-state index contributed by atoms with van der Waals surface area (Å²) in [5.74, 6) is 0.149. The Hall–Kier alpha value is -1.54. The molecule has 2 nitrogen and oxygen atoms in total. The molecule has 1 heterocycles. The molecule has 1 N–H and O–H groups in total. The second-order valence-electron chi connectivity index (χ2n) is 2.88. The van der Waals surface area contributed by atoms with Gasteiger partial charge in [-0.1, -0.05) is 17.7 Å². The fraction of sp³-hybridized carbons (Fsp3) is 0. The number of phenolic OH excluding ortho intramolecular Hbond substituents is 1. The SMILES string of the molecule is Oc1cc(Cl)ccc1-c1ccccn1. The number of benzene rings is 1. The molecule has 2 aromatic rings. The summed E-state index contributed by atoms with van der Waals surface area (Å²) in [7, 11) is 0. The lowest BCUT2D eigenvalue weighted by Gasteiger charge is -2.03. The second-order valence-corrected chi connectivity index (χ2v) is 3.31. The van der Waals surface area contributed by atoms with Crippen LogP contribution in [-0.4, -0.2) is 10.1 Å². The third kappa shape index (κ3) is 1.70. The van der Waals surface area contributed by atoms with Crippen LogP contribution in [0.15, 0.2) is 42.6 Å². The summed E-state index contributed by atoms with van der Waals surface area (Å²) in [6, 6.07) is 10.5. The smallest absolute Gasteiger partial charge is 0.126 e. The Bertz CT molecular complexity index is 442. The zero-order valence-electron chi connectivity index (χ0n) is 7.31. The van der Waals surface area contributed by atoms with E-state index < -0.39 is 0 Å². The number of aromatic nitrogens is 1. The maximum atomic E-state index is 9.62. The van der Waals surface area contributed by atoms with Crippen LogP contribution in [0, 0.1) is 0 Å². The molecule has 1 aromatic heterocycles. The van der Waals surface area contributed by atoms with Gasteiger partial charge in [-0.25, -0.2) is 0 Å². The topological polar surface area (TPSA) is 33.1 Å². The lowest BCUT2D eigenvalue weighted by Crippen LogP contribution is -1.82. The molecule has 0 radical (unpaired) electrons. The van der Waals surface area contributed by atoms with Crippen molar-refractivity contribution in [2.75, 3.05) is 0 Å². The van der Waals surface area contributed by atoms with E-state index in [1.807, 2.05) is 18.2 Å². The predicted octanol–water partition coefficient (Wildman–Crippen LogP) is 3.11. The van der Waals surface area contributed by atoms with Gasteiger partial charge in [-0.2, -0.15) is 0 Å². The van der Waals surface area contributed by atoms with Crippen molar-refractivity contribution in [3.63, 3.8) is 0 Å². The minimum absolute atomic E-state index is 0.149. The van der Waals surface area contributed by atoms with Crippen molar-refractivity contribution < 1.29 is 5.11 Å². The van der Waals surface area contributed by atoms with Crippen molar-refractivity contribution in [1.82, 2.24) is 4.98 Å². The zero-order valence-corrected chi connectivity index (χ0v) is 8.07. The van der Waals surface area contributed by atoms with Crippen molar-refractivity contribution >= 4 is 11.6 Å². The van der Waals surface area contributed by atoms with Gasteiger partial charge in [0.05, 0.1) is 5.69 Å². The quantitative estimate of drug-likeness (QED) is 0.776. The molecule has 0 aliphatic rings. The number of rotatable bonds is 1. The fourth-order valence-corrected chi connectivity index (χ4v) is 1.41. The Morgan fingerprint density at radius 1 is 1.14 bits per heavy atom. The first-order chi connectivity index (χ1) is 6.77. The highest BCUT2D eigenvalue weighted by Crippen LogP contribution is 2.29. The van der Waals surface area contributed by atoms with Crippen molar-refractivity contribution in [2.24, 2.45) is 0 Å². The molecule has 0 fully saturated rings. The standard InChI is InChI=1S/C11H8ClNO/c12-8-4-5-9(11(14)7-8)10-3-1-2-6-13-10/h1-7,14H. The summed E-state index contributed by atoms with van der Waals surface area (Å²) in [4.78, 5) is 4.14. The molecule has 0 bridgehead atoms. The Morgan fingerprint density at radius 2 is 2.00 bits per heavy atom. The number of nitrogens with zero attached hydrogens (tertiary/aromatic N) is 1. The van der Waals surface area contributed by atoms with Crippen LogP contribution in [0.4, 0.5) is 0 Å². The largest absolute Gasteiger partial charge is 0.507 e. The molecule has 0 spiro atoms. The first-order valence-electron chi connectivity index (χ1n) is 4.17. The number of hydrogen-bond donors (Lipinski definition) is 1. The van der Waals surface area contributed by atoms with Gasteiger partial charge in [0.2, 0.25) is 0 Å². The Balaban J connectivity index is 2.53. The Morgan fingerprint density at radius 3 is 2.64 bits per heavy atom. The van der Waals surface area contributed by atoms with Crippen molar-refractivity contribution in [2.45, 2.75) is 0 Å². The molecular weight excluding hydrogens is 198 g/mol. The van der Waals surface area contributed by atoms with Crippen molar-refractivity contribution in [3.05, 3.63) is 47.6 Å². The second kappa shape index (κ2) is 3.68. The fourth-order valence-electron chi connectivity index (χ4n) is 1.24. The van der Waals surface area contributed by atoms with E-state index in [2.05, 4.69) is 4.98 Å². The molecular formula is C11H8ClNO. The third-order valence-corrected chi connectivity index (χ3v) is 2.14. The summed E-state index contributed by atoms with van der Waals surface area (Å²) in [5.41, 5.74) is 1.43. The van der Waals surface area contributed by atoms with Crippen LogP contribution in [0.2, 0.25) is 5.02 Å². The van der Waals surface area contributed by atoms with E-state index in [1.54, 1.807) is 18.3 Å². The number of aromatic hydroxyl groups is 1. The summed E-state index contributed by atoms with van der Waals surface area (Å²) in [5, 5.41) is 10.1. The highest BCUT2D eigenvalue weighted by molar-refractivity contribution is 6.30. The van der Waals surface area contributed by atoms with Gasteiger partial charge in [0.15, 0.2) is 0 Å². The molecule has 0 unspecified atom stereocenters. The zero-order chi connectivity index (χ0) is 9.97. The molecule has 0 aliphatic carbocycles. The molecule has 0 amide bonds. The summed E-state index contributed by atoms with van der Waals surface area (Å²) in [6.07, 6.45) is 1.68. The summed E-state index contributed by atoms with van der Waals surface area (Å²) >= 11 is 5.72. The van der Waals surface area contributed by atoms with Crippen LogP contribution in [0.3, 0.4) is 0 Å². The molecule has 0 saturated carbocycles. The highest BCUT2D eigenvalue weighted by atomic mass is 35.5. The minimum Gasteiger partial charge on any atom is -0.507 e. The van der Waals surface area contributed by atoms with E-state index in [9.17, 15) is 5.11 Å². The monoisotopic (exact) mass is 205 g/mol. The molecule has 0 atom stereocenters. The van der Waals surface area contributed by atoms with E-state index in [-0.39, 0.29) is 5.75 Å². The molecule has 2 rings (SSSR count). The lowest BCUT2D eigenvalue weighted by atomic mass is 10.1. The van der Waals surface area contributed by atoms with Gasteiger partial charge >= 0.3 is 0 Å². The average Bonchev–Trinajstić information content (AvgIpc) is 2.19. The molecule has 3 heteroatoms. The molecule has 70 valence electrons. The van der Waals surface area contributed by atoms with E-state index in [0.29, 0.717) is 10.6 Å². The Labute approximate surface area is 86.8 Å². The Kier molecular flexibility index (Phi) is 2.37. The summed E-state index contributed by atoms with van der Waals surface area (Å²) in [6.45, 7) is 0. The third-order valence-electron chi connectivity index (χ3n) is 1.90. The maximum Gasteiger partial charge on any atom is 0.126 e. The van der Waals surface area contributed by atoms with Crippen LogP contribution < -0.4 is 0 Å². The van der Waals surface area contributed by atoms with E-state index in [1.165, 1.54) is 6.07 Å². The summed E-state index contributed by atoms with van der Waals surface area (Å²) < 4.78 is 0. The van der Waals surface area contributed by atoms with Crippen LogP contribution >= 0.6 is 11.6 Å². The van der Waals surface area contributed by atoms with Gasteiger partial charge in [-0.15, -0.1) is 0 Å². The molecule has 14 heavy (non-hydrogen) atoms. The molecule has 1 aromatic carbocycles. The van der Waals surface area contributed by atoms with Crippen molar-refractivity contribution in [3.8, 4) is 17.0 Å². The molecule has 0 aliphatic heterocycles. The minimum atomic E-state index is 0.149. The van der Waals surface area contributed by atoms with Gasteiger partial charge in [0.25, 0.3) is 0 Å². The van der Waals surface area contributed by atoms with Crippen molar-refractivity contribution in [1.29, 1.82) is 0 Å². The first-order valence-corrected chi connectivity index (χ1v) is 4.55. The van der Waals surface area contributed by atoms with Crippen LogP contribution in [-0.2, 0) is 0 Å². The van der Waals surface area contributed by atoms with Crippen LogP contribution in [0.5, 0.6) is 5.75 Å². The lowest BCUT2D eigenvalue weighted by molar-refractivity contribution is 0.477. The number of halogens is 1. The van der Waals surface area contributed by atoms with E-state index in [4.69, 9.17) is 11.6 Å². The van der Waals surface area contributed by atoms with Gasteiger partial charge in [0.1, 0.15) is 5.75 Å². The predicted molar refractivity (Wildman–Crippen MR) is 56.3 cm³/mol. The number of hydrogen-bond acceptors (Lipinski definition) is 2. The van der Waals surface area contributed by atoms with Gasteiger partial charge < -0.3 is 5.11 Å². The number of phenols is 1. The van der Waals surface area contributed by atoms with Gasteiger partial charge in [-0.05, 0) is 30.3 Å². The normalized spacial score (nSPS) is 10.1. The average molecular weight is 206 g/mol. The first kappa shape index (κ1) is 9.03. The van der Waals surface area contributed by atoms with E-state index in [0.717, 1.165) is 5.69 Å². The number of pyridine rings is 1. The van der Waals surface area contributed by atoms with Crippen LogP contribution in [0.1, 0.15) is 0 Å². The van der Waals surface area contributed by atoms with E-state index >= 15 is 0 Å². The highest BCUT2D eigenvalue weighted by Gasteiger charge is 2.04. The van der Waals surface area contributed by atoms with Gasteiger partial charge in [-0.3, -0.25) is 4.98 Å². The molecule has 0 saturated heterocycles. The van der Waals surface area contributed by atoms with Gasteiger partial charge in [0, 0.05) is 16.8 Å².